The molecule has 11 heteroatoms. The lowest BCUT2D eigenvalue weighted by molar-refractivity contribution is 0.582. The van der Waals surface area contributed by atoms with Crippen LogP contribution in [-0.4, -0.2) is 37.6 Å². The molecule has 0 bridgehead atoms. The molecule has 0 spiro atoms. The lowest BCUT2D eigenvalue weighted by Gasteiger charge is -2.15. The molecule has 1 aromatic carbocycles. The van der Waals surface area contributed by atoms with Gasteiger partial charge >= 0.3 is 0 Å². The van der Waals surface area contributed by atoms with Gasteiger partial charge < -0.3 is 10.1 Å². The van der Waals surface area contributed by atoms with Crippen molar-refractivity contribution in [1.29, 1.82) is 0 Å². The molecule has 0 aliphatic rings. The van der Waals surface area contributed by atoms with Crippen LogP contribution < -0.4 is 10.9 Å². The number of nitrogens with two attached hydrogens (primary N) is 2. The first kappa shape index (κ1) is 22.8. The fraction of sp³-hybridized carbons (Fsp3) is 0.0769. The van der Waals surface area contributed by atoms with Crippen molar-refractivity contribution in [2.24, 2.45) is 5.14 Å². The SMILES string of the molecule is CC(c1cc2ccccn2c1-c1ccccn1)n1nc(-c2cccc(S(N)(=O)=O)c2)c2c(N)ncnc21. The Kier molecular flexibility index (Phi) is 5.25. The third kappa shape index (κ3) is 3.81. The van der Waals surface area contributed by atoms with Crippen LogP contribution in [0.5, 0.6) is 0 Å². The highest BCUT2D eigenvalue weighted by atomic mass is 32.2. The van der Waals surface area contributed by atoms with Crippen LogP contribution in [0.3, 0.4) is 0 Å². The Balaban J connectivity index is 1.60. The van der Waals surface area contributed by atoms with E-state index in [0.717, 1.165) is 22.5 Å². The van der Waals surface area contributed by atoms with Gasteiger partial charge in [0.15, 0.2) is 5.65 Å². The number of aromatic nitrogens is 6. The Morgan fingerprint density at radius 2 is 1.78 bits per heavy atom. The number of pyridine rings is 2. The van der Waals surface area contributed by atoms with Gasteiger partial charge in [0.05, 0.1) is 27.7 Å². The smallest absolute Gasteiger partial charge is 0.238 e. The van der Waals surface area contributed by atoms with E-state index in [4.69, 9.17) is 16.0 Å². The van der Waals surface area contributed by atoms with Crippen LogP contribution in [0.4, 0.5) is 5.82 Å². The van der Waals surface area contributed by atoms with E-state index in [-0.39, 0.29) is 16.8 Å². The lowest BCUT2D eigenvalue weighted by atomic mass is 10.1. The number of primary sulfonamides is 1. The van der Waals surface area contributed by atoms with Crippen molar-refractivity contribution < 1.29 is 8.42 Å². The Bertz CT molecular complexity index is 1890. The molecule has 5 aromatic heterocycles. The highest BCUT2D eigenvalue weighted by Crippen LogP contribution is 2.37. The maximum Gasteiger partial charge on any atom is 0.238 e. The largest absolute Gasteiger partial charge is 0.383 e. The van der Waals surface area contributed by atoms with E-state index >= 15 is 0 Å². The van der Waals surface area contributed by atoms with Crippen LogP contribution in [0.25, 0.3) is 39.2 Å². The van der Waals surface area contributed by atoms with E-state index in [0.29, 0.717) is 22.3 Å². The quantitative estimate of drug-likeness (QED) is 0.360. The summed E-state index contributed by atoms with van der Waals surface area (Å²) in [4.78, 5) is 13.3. The third-order valence-corrected chi connectivity index (χ3v) is 7.30. The molecule has 1 unspecified atom stereocenters. The van der Waals surface area contributed by atoms with Crippen molar-refractivity contribution in [1.82, 2.24) is 29.1 Å². The summed E-state index contributed by atoms with van der Waals surface area (Å²) in [5.74, 6) is 0.242. The Hall–Kier alpha value is -4.61. The molecular weight excluding hydrogens is 488 g/mol. The van der Waals surface area contributed by atoms with Gasteiger partial charge in [0, 0.05) is 29.0 Å². The van der Waals surface area contributed by atoms with Gasteiger partial charge in [-0.2, -0.15) is 5.10 Å². The number of hydrogen-bond acceptors (Lipinski definition) is 7. The zero-order chi connectivity index (χ0) is 25.7. The second-order valence-corrected chi connectivity index (χ2v) is 10.2. The average Bonchev–Trinajstić information content (AvgIpc) is 3.49. The monoisotopic (exact) mass is 510 g/mol. The lowest BCUT2D eigenvalue weighted by Crippen LogP contribution is -2.12. The van der Waals surface area contributed by atoms with Gasteiger partial charge in [-0.3, -0.25) is 4.98 Å². The second kappa shape index (κ2) is 8.50. The van der Waals surface area contributed by atoms with Gasteiger partial charge in [0.25, 0.3) is 0 Å². The average molecular weight is 511 g/mol. The Morgan fingerprint density at radius 1 is 0.946 bits per heavy atom. The van der Waals surface area contributed by atoms with Crippen molar-refractivity contribution in [3.05, 3.63) is 91.0 Å². The molecule has 6 rings (SSSR count). The van der Waals surface area contributed by atoms with Crippen molar-refractivity contribution >= 4 is 32.4 Å². The number of nitrogens with zero attached hydrogens (tertiary/aromatic N) is 6. The summed E-state index contributed by atoms with van der Waals surface area (Å²) >= 11 is 0. The number of sulfonamides is 1. The minimum Gasteiger partial charge on any atom is -0.383 e. The maximum absolute atomic E-state index is 12.0. The summed E-state index contributed by atoms with van der Waals surface area (Å²) in [5, 5.41) is 10.8. The van der Waals surface area contributed by atoms with Gasteiger partial charge in [-0.05, 0) is 49.4 Å². The van der Waals surface area contributed by atoms with Crippen molar-refractivity contribution in [2.75, 3.05) is 5.73 Å². The fourth-order valence-corrected chi connectivity index (χ4v) is 5.22. The molecule has 5 heterocycles. The van der Waals surface area contributed by atoms with Crippen LogP contribution in [0.15, 0.2) is 90.3 Å². The third-order valence-electron chi connectivity index (χ3n) is 6.39. The molecular formula is C26H22N8O2S. The Labute approximate surface area is 212 Å². The molecule has 10 nitrogen and oxygen atoms in total. The van der Waals surface area contributed by atoms with E-state index in [1.165, 1.54) is 18.5 Å². The first-order chi connectivity index (χ1) is 17.8. The summed E-state index contributed by atoms with van der Waals surface area (Å²) in [6.07, 6.45) is 5.16. The Morgan fingerprint density at radius 3 is 2.57 bits per heavy atom. The molecule has 4 N–H and O–H groups in total. The van der Waals surface area contributed by atoms with Crippen LogP contribution in [0, 0.1) is 0 Å². The molecule has 0 saturated heterocycles. The number of nitrogen functional groups attached to an aromatic ring is 1. The van der Waals surface area contributed by atoms with Gasteiger partial charge in [-0.25, -0.2) is 28.2 Å². The summed E-state index contributed by atoms with van der Waals surface area (Å²) in [6.45, 7) is 2.02. The van der Waals surface area contributed by atoms with Gasteiger partial charge in [-0.15, -0.1) is 0 Å². The highest BCUT2D eigenvalue weighted by Gasteiger charge is 2.25. The summed E-state index contributed by atoms with van der Waals surface area (Å²) < 4.78 is 27.9. The van der Waals surface area contributed by atoms with E-state index < -0.39 is 10.0 Å². The number of benzene rings is 1. The predicted octanol–water partition coefficient (Wildman–Crippen LogP) is 3.65. The van der Waals surface area contributed by atoms with Crippen molar-refractivity contribution in [2.45, 2.75) is 17.9 Å². The van der Waals surface area contributed by atoms with Crippen LogP contribution in [-0.2, 0) is 10.0 Å². The normalized spacial score (nSPS) is 12.8. The fourth-order valence-electron chi connectivity index (χ4n) is 4.66. The maximum atomic E-state index is 12.0. The minimum atomic E-state index is -3.91. The number of fused-ring (bicyclic) bond motifs is 2. The first-order valence-corrected chi connectivity index (χ1v) is 13.0. The minimum absolute atomic E-state index is 0.0210. The molecule has 0 saturated carbocycles. The van der Waals surface area contributed by atoms with Gasteiger partial charge in [0.2, 0.25) is 10.0 Å². The van der Waals surface area contributed by atoms with Crippen LogP contribution >= 0.6 is 0 Å². The molecule has 0 radical (unpaired) electrons. The molecule has 0 aliphatic carbocycles. The first-order valence-electron chi connectivity index (χ1n) is 11.5. The molecule has 0 fully saturated rings. The number of anilines is 1. The van der Waals surface area contributed by atoms with Crippen molar-refractivity contribution in [3.63, 3.8) is 0 Å². The summed E-state index contributed by atoms with van der Waals surface area (Å²) in [5.41, 5.74) is 11.6. The molecule has 1 atom stereocenters. The molecule has 0 amide bonds. The number of hydrogen-bond donors (Lipinski definition) is 2. The van der Waals surface area contributed by atoms with Gasteiger partial charge in [-0.1, -0.05) is 24.3 Å². The zero-order valence-corrected chi connectivity index (χ0v) is 20.5. The van der Waals surface area contributed by atoms with E-state index in [2.05, 4.69) is 25.4 Å². The predicted molar refractivity (Wildman–Crippen MR) is 141 cm³/mol. The summed E-state index contributed by atoms with van der Waals surface area (Å²) in [7, 11) is -3.91. The van der Waals surface area contributed by atoms with Crippen LogP contribution in [0.2, 0.25) is 0 Å². The molecule has 37 heavy (non-hydrogen) atoms. The van der Waals surface area contributed by atoms with Gasteiger partial charge in [0.1, 0.15) is 17.8 Å². The van der Waals surface area contributed by atoms with Crippen LogP contribution in [0.1, 0.15) is 18.5 Å². The number of rotatable bonds is 5. The van der Waals surface area contributed by atoms with Crippen molar-refractivity contribution in [3.8, 4) is 22.6 Å². The standard InChI is InChI=1S/C26H22N8O2S/c1-16(20-14-18-8-3-5-12-33(18)24(20)21-10-2-4-11-29-21)34-26-22(25(27)30-15-31-26)23(32-34)17-7-6-9-19(13-17)37(28,35)36/h2-16H,1H3,(H2,27,30,31)(H2,28,35,36). The molecule has 6 aromatic rings. The van der Waals surface area contributed by atoms with E-state index in [1.54, 1.807) is 23.0 Å². The summed E-state index contributed by atoms with van der Waals surface area (Å²) in [6, 6.07) is 19.9. The zero-order valence-electron chi connectivity index (χ0n) is 19.7. The molecule has 0 aliphatic heterocycles. The van der Waals surface area contributed by atoms with E-state index in [1.807, 2.05) is 49.5 Å². The molecule has 184 valence electrons. The topological polar surface area (TPSA) is 147 Å². The highest BCUT2D eigenvalue weighted by molar-refractivity contribution is 7.89. The second-order valence-electron chi connectivity index (χ2n) is 8.66. The van der Waals surface area contributed by atoms with E-state index in [9.17, 15) is 8.42 Å².